The number of pyridine rings is 1. The van der Waals surface area contributed by atoms with Crippen molar-refractivity contribution in [3.8, 4) is 0 Å². The molecule has 1 saturated carbocycles. The number of fused-ring (bicyclic) bond motifs is 1. The molecule has 1 aromatic carbocycles. The second-order valence-electron chi connectivity index (χ2n) is 7.52. The second kappa shape index (κ2) is 6.37. The summed E-state index contributed by atoms with van der Waals surface area (Å²) in [7, 11) is 0. The number of piperidine rings is 1. The summed E-state index contributed by atoms with van der Waals surface area (Å²) in [5.74, 6) is 0.573. The third-order valence-corrected chi connectivity index (χ3v) is 5.59. The lowest BCUT2D eigenvalue weighted by Gasteiger charge is -2.34. The van der Waals surface area contributed by atoms with Crippen LogP contribution < -0.4 is 5.73 Å². The number of hydrogen-bond donors (Lipinski definition) is 1. The van der Waals surface area contributed by atoms with Gasteiger partial charge in [0.05, 0.1) is 11.1 Å². The summed E-state index contributed by atoms with van der Waals surface area (Å²) in [4.78, 5) is 19.7. The zero-order valence-electron chi connectivity index (χ0n) is 14.5. The Labute approximate surface area is 147 Å². The van der Waals surface area contributed by atoms with E-state index in [1.807, 2.05) is 17.9 Å². The van der Waals surface area contributed by atoms with Crippen molar-refractivity contribution in [2.24, 2.45) is 11.7 Å². The molecule has 1 saturated heterocycles. The fourth-order valence-electron chi connectivity index (χ4n) is 3.78. The zero-order chi connectivity index (χ0) is 17.6. The van der Waals surface area contributed by atoms with E-state index >= 15 is 0 Å². The molecule has 1 amide bonds. The summed E-state index contributed by atoms with van der Waals surface area (Å²) in [6.45, 7) is 3.45. The predicted octanol–water partition coefficient (Wildman–Crippen LogP) is 3.45. The number of hydrogen-bond acceptors (Lipinski definition) is 3. The monoisotopic (exact) mass is 341 g/mol. The number of amides is 1. The lowest BCUT2D eigenvalue weighted by molar-refractivity contribution is 0.0683. The Morgan fingerprint density at radius 1 is 1.24 bits per heavy atom. The van der Waals surface area contributed by atoms with Gasteiger partial charge in [-0.3, -0.25) is 9.78 Å². The molecule has 4 nitrogen and oxygen atoms in total. The molecule has 2 N–H and O–H groups in total. The fourth-order valence-corrected chi connectivity index (χ4v) is 3.78. The van der Waals surface area contributed by atoms with Gasteiger partial charge in [0, 0.05) is 36.1 Å². The molecule has 0 radical (unpaired) electrons. The Bertz CT molecular complexity index is 808. The number of halogens is 1. The van der Waals surface area contributed by atoms with Gasteiger partial charge in [-0.05, 0) is 62.8 Å². The highest BCUT2D eigenvalue weighted by Crippen LogP contribution is 2.40. The number of carbonyl (C=O) groups is 1. The molecule has 1 aliphatic heterocycles. The van der Waals surface area contributed by atoms with E-state index in [1.165, 1.54) is 12.1 Å². The summed E-state index contributed by atoms with van der Waals surface area (Å²) in [6, 6.07) is 6.57. The molecule has 2 heterocycles. The van der Waals surface area contributed by atoms with Crippen LogP contribution in [0, 0.1) is 11.7 Å². The average Bonchev–Trinajstić information content (AvgIpc) is 3.45. The van der Waals surface area contributed by atoms with Crippen LogP contribution in [0.3, 0.4) is 0 Å². The first-order valence-corrected chi connectivity index (χ1v) is 9.18. The first kappa shape index (κ1) is 16.5. The van der Waals surface area contributed by atoms with E-state index in [-0.39, 0.29) is 17.8 Å². The topological polar surface area (TPSA) is 59.2 Å². The third-order valence-electron chi connectivity index (χ3n) is 5.59. The van der Waals surface area contributed by atoms with Gasteiger partial charge in [-0.15, -0.1) is 0 Å². The molecule has 1 aliphatic carbocycles. The number of aromatic nitrogens is 1. The Morgan fingerprint density at radius 2 is 1.96 bits per heavy atom. The highest BCUT2D eigenvalue weighted by Gasteiger charge is 2.30. The molecule has 4 rings (SSSR count). The maximum atomic E-state index is 13.8. The lowest BCUT2D eigenvalue weighted by Crippen LogP contribution is -2.42. The second-order valence-corrected chi connectivity index (χ2v) is 7.52. The third kappa shape index (κ3) is 3.25. The number of benzene rings is 1. The fraction of sp³-hybridized carbons (Fsp3) is 0.500. The molecular weight excluding hydrogens is 317 g/mol. The first-order chi connectivity index (χ1) is 12.0. The van der Waals surface area contributed by atoms with E-state index in [2.05, 4.69) is 4.98 Å². The number of likely N-dealkylation sites (tertiary alicyclic amines) is 1. The quantitative estimate of drug-likeness (QED) is 0.930. The first-order valence-electron chi connectivity index (χ1n) is 9.18. The van der Waals surface area contributed by atoms with Crippen LogP contribution in [0.5, 0.6) is 0 Å². The number of nitrogens with zero attached hydrogens (tertiary/aromatic N) is 2. The Morgan fingerprint density at radius 3 is 2.60 bits per heavy atom. The molecule has 1 atom stereocenters. The van der Waals surface area contributed by atoms with Crippen molar-refractivity contribution >= 4 is 16.8 Å². The maximum absolute atomic E-state index is 13.8. The molecule has 5 heteroatoms. The Hall–Kier alpha value is -2.01. The molecule has 0 bridgehead atoms. The van der Waals surface area contributed by atoms with Crippen LogP contribution in [0.1, 0.15) is 54.6 Å². The van der Waals surface area contributed by atoms with E-state index < -0.39 is 0 Å². The van der Waals surface area contributed by atoms with Crippen LogP contribution in [0.25, 0.3) is 10.9 Å². The summed E-state index contributed by atoms with van der Waals surface area (Å²) < 4.78 is 13.8. The number of nitrogens with two attached hydrogens (primary N) is 1. The van der Waals surface area contributed by atoms with Gasteiger partial charge in [0.2, 0.25) is 0 Å². The standard InChI is InChI=1S/C20H24FN3O/c1-12(22)13-6-8-24(9-7-13)20(25)17-11-19(14-2-3-14)23-18-5-4-15(21)10-16(17)18/h4-5,10-14H,2-3,6-9,22H2,1H3. The SMILES string of the molecule is CC(N)C1CCN(C(=O)c2cc(C3CC3)nc3ccc(F)cc23)CC1. The van der Waals surface area contributed by atoms with E-state index in [4.69, 9.17) is 5.73 Å². The molecule has 1 aromatic heterocycles. The Balaban J connectivity index is 1.67. The van der Waals surface area contributed by atoms with Crippen LogP contribution in [0.4, 0.5) is 4.39 Å². The Kier molecular flexibility index (Phi) is 4.20. The minimum Gasteiger partial charge on any atom is -0.339 e. The average molecular weight is 341 g/mol. The predicted molar refractivity (Wildman–Crippen MR) is 96.0 cm³/mol. The smallest absolute Gasteiger partial charge is 0.254 e. The van der Waals surface area contributed by atoms with Gasteiger partial charge in [0.25, 0.3) is 5.91 Å². The summed E-state index contributed by atoms with van der Waals surface area (Å²) in [5.41, 5.74) is 8.26. The van der Waals surface area contributed by atoms with Gasteiger partial charge in [-0.1, -0.05) is 0 Å². The summed E-state index contributed by atoms with van der Waals surface area (Å²) in [5, 5.41) is 0.615. The van der Waals surface area contributed by atoms with E-state index in [1.54, 1.807) is 6.07 Å². The highest BCUT2D eigenvalue weighted by molar-refractivity contribution is 6.06. The van der Waals surface area contributed by atoms with Crippen molar-refractivity contribution in [2.75, 3.05) is 13.1 Å². The summed E-state index contributed by atoms with van der Waals surface area (Å²) >= 11 is 0. The minimum atomic E-state index is -0.335. The molecule has 25 heavy (non-hydrogen) atoms. The minimum absolute atomic E-state index is 0.0111. The normalized spacial score (nSPS) is 20.0. The van der Waals surface area contributed by atoms with Gasteiger partial charge in [-0.25, -0.2) is 4.39 Å². The van der Waals surface area contributed by atoms with Crippen LogP contribution in [0.2, 0.25) is 0 Å². The highest BCUT2D eigenvalue weighted by atomic mass is 19.1. The van der Waals surface area contributed by atoms with Crippen LogP contribution in [-0.2, 0) is 0 Å². The molecule has 132 valence electrons. The molecule has 0 spiro atoms. The van der Waals surface area contributed by atoms with Gasteiger partial charge in [0.1, 0.15) is 5.82 Å². The van der Waals surface area contributed by atoms with Gasteiger partial charge >= 0.3 is 0 Å². The largest absolute Gasteiger partial charge is 0.339 e. The van der Waals surface area contributed by atoms with Gasteiger partial charge in [-0.2, -0.15) is 0 Å². The van der Waals surface area contributed by atoms with Gasteiger partial charge < -0.3 is 10.6 Å². The zero-order valence-corrected chi connectivity index (χ0v) is 14.5. The van der Waals surface area contributed by atoms with E-state index in [0.29, 0.717) is 41.4 Å². The van der Waals surface area contributed by atoms with Crippen LogP contribution in [-0.4, -0.2) is 34.9 Å². The van der Waals surface area contributed by atoms with Crippen molar-refractivity contribution < 1.29 is 9.18 Å². The van der Waals surface area contributed by atoms with Crippen molar-refractivity contribution in [3.05, 3.63) is 41.3 Å². The maximum Gasteiger partial charge on any atom is 0.254 e. The molecule has 2 aromatic rings. The summed E-state index contributed by atoms with van der Waals surface area (Å²) in [6.07, 6.45) is 4.09. The van der Waals surface area contributed by atoms with Gasteiger partial charge in [0.15, 0.2) is 0 Å². The number of rotatable bonds is 3. The van der Waals surface area contributed by atoms with Crippen LogP contribution >= 0.6 is 0 Å². The van der Waals surface area contributed by atoms with Crippen molar-refractivity contribution in [3.63, 3.8) is 0 Å². The molecule has 1 unspecified atom stereocenters. The molecule has 2 fully saturated rings. The van der Waals surface area contributed by atoms with Crippen molar-refractivity contribution in [2.45, 2.75) is 44.6 Å². The molecular formula is C20H24FN3O. The molecule has 2 aliphatic rings. The van der Waals surface area contributed by atoms with E-state index in [9.17, 15) is 9.18 Å². The number of carbonyl (C=O) groups excluding carboxylic acids is 1. The van der Waals surface area contributed by atoms with E-state index in [0.717, 1.165) is 31.4 Å². The van der Waals surface area contributed by atoms with Crippen molar-refractivity contribution in [1.29, 1.82) is 0 Å². The van der Waals surface area contributed by atoms with Crippen molar-refractivity contribution in [1.82, 2.24) is 9.88 Å². The lowest BCUT2D eigenvalue weighted by atomic mass is 9.90. The van der Waals surface area contributed by atoms with Crippen LogP contribution in [0.15, 0.2) is 24.3 Å².